The van der Waals surface area contributed by atoms with Crippen LogP contribution in [-0.4, -0.2) is 15.2 Å². The minimum atomic E-state index is 0.000321. The Balaban J connectivity index is 2.41. The van der Waals surface area contributed by atoms with Crippen molar-refractivity contribution >= 4 is 34.7 Å². The quantitative estimate of drug-likeness (QED) is 0.901. The van der Waals surface area contributed by atoms with E-state index in [4.69, 9.17) is 23.2 Å². The molecule has 0 unspecified atom stereocenters. The highest BCUT2D eigenvalue weighted by Gasteiger charge is 2.18. The molecule has 1 N–H and O–H groups in total. The molecule has 0 saturated carbocycles. The number of rotatable bonds is 2. The highest BCUT2D eigenvalue weighted by molar-refractivity contribution is 6.32. The van der Waals surface area contributed by atoms with Crippen molar-refractivity contribution in [2.45, 2.75) is 26.2 Å². The van der Waals surface area contributed by atoms with Gasteiger partial charge in [0, 0.05) is 5.69 Å². The molecule has 6 heteroatoms. The van der Waals surface area contributed by atoms with E-state index in [1.165, 1.54) is 0 Å². The largest absolute Gasteiger partial charge is 0.337 e. The monoisotopic (exact) mass is 296 g/mol. The van der Waals surface area contributed by atoms with E-state index in [-0.39, 0.29) is 15.9 Å². The fourth-order valence-corrected chi connectivity index (χ4v) is 2.00. The normalized spacial score (nSPS) is 11.4. The van der Waals surface area contributed by atoms with E-state index < -0.39 is 0 Å². The molecule has 0 bridgehead atoms. The maximum atomic E-state index is 5.96. The summed E-state index contributed by atoms with van der Waals surface area (Å²) in [5.74, 6) is 0.401. The van der Waals surface area contributed by atoms with Crippen molar-refractivity contribution in [2.75, 3.05) is 5.32 Å². The van der Waals surface area contributed by atoms with Gasteiger partial charge in [-0.2, -0.15) is 4.98 Å². The molecule has 2 aromatic rings. The summed E-state index contributed by atoms with van der Waals surface area (Å²) in [7, 11) is 0. The Labute approximate surface area is 122 Å². The highest BCUT2D eigenvalue weighted by Crippen LogP contribution is 2.32. The maximum Gasteiger partial charge on any atom is 0.245 e. The standard InChI is InChI=1S/C13H14Cl2N4/c1-13(2,3)8-6-4-5-7-9(8)16-11-10(14)18-19-12(15)17-11/h4-7H,1-3H3,(H,16,17,19). The average molecular weight is 297 g/mol. The highest BCUT2D eigenvalue weighted by atomic mass is 35.5. The molecule has 1 aromatic carbocycles. The number of benzene rings is 1. The molecule has 1 aromatic heterocycles. The Hall–Kier alpha value is -1.39. The van der Waals surface area contributed by atoms with Crippen molar-refractivity contribution in [1.29, 1.82) is 0 Å². The van der Waals surface area contributed by atoms with E-state index in [9.17, 15) is 0 Å². The van der Waals surface area contributed by atoms with Crippen LogP contribution in [0.1, 0.15) is 26.3 Å². The van der Waals surface area contributed by atoms with Crippen LogP contribution in [0.4, 0.5) is 11.5 Å². The number of anilines is 2. The van der Waals surface area contributed by atoms with Crippen molar-refractivity contribution in [3.8, 4) is 0 Å². The molecule has 0 saturated heterocycles. The van der Waals surface area contributed by atoms with Gasteiger partial charge in [0.15, 0.2) is 11.0 Å². The van der Waals surface area contributed by atoms with E-state index in [1.54, 1.807) is 0 Å². The molecular weight excluding hydrogens is 283 g/mol. The Morgan fingerprint density at radius 1 is 1.05 bits per heavy atom. The molecule has 0 aliphatic heterocycles. The topological polar surface area (TPSA) is 50.7 Å². The minimum Gasteiger partial charge on any atom is -0.337 e. The first-order valence-corrected chi connectivity index (χ1v) is 6.56. The first kappa shape index (κ1) is 14.0. The van der Waals surface area contributed by atoms with Crippen molar-refractivity contribution in [1.82, 2.24) is 15.2 Å². The fraction of sp³-hybridized carbons (Fsp3) is 0.308. The molecule has 2 rings (SSSR count). The van der Waals surface area contributed by atoms with Crippen LogP contribution < -0.4 is 5.32 Å². The third-order valence-electron chi connectivity index (χ3n) is 2.61. The van der Waals surface area contributed by atoms with Gasteiger partial charge in [0.2, 0.25) is 5.28 Å². The zero-order valence-electron chi connectivity index (χ0n) is 10.9. The number of aromatic nitrogens is 3. The molecule has 0 amide bonds. The van der Waals surface area contributed by atoms with Crippen LogP contribution in [0.25, 0.3) is 0 Å². The van der Waals surface area contributed by atoms with Crippen LogP contribution in [0.5, 0.6) is 0 Å². The lowest BCUT2D eigenvalue weighted by Gasteiger charge is -2.23. The zero-order chi connectivity index (χ0) is 14.0. The van der Waals surface area contributed by atoms with Gasteiger partial charge in [0.1, 0.15) is 0 Å². The SMILES string of the molecule is CC(C)(C)c1ccccc1Nc1nc(Cl)nnc1Cl. The molecule has 0 aliphatic carbocycles. The van der Waals surface area contributed by atoms with E-state index in [1.807, 2.05) is 18.2 Å². The Kier molecular flexibility index (Phi) is 3.92. The zero-order valence-corrected chi connectivity index (χ0v) is 12.4. The summed E-state index contributed by atoms with van der Waals surface area (Å²) < 4.78 is 0. The second kappa shape index (κ2) is 5.31. The third-order valence-corrected chi connectivity index (χ3v) is 3.02. The molecule has 100 valence electrons. The predicted molar refractivity (Wildman–Crippen MR) is 78.3 cm³/mol. The lowest BCUT2D eigenvalue weighted by atomic mass is 9.86. The second-order valence-corrected chi connectivity index (χ2v) is 5.84. The van der Waals surface area contributed by atoms with Crippen molar-refractivity contribution in [2.24, 2.45) is 0 Å². The minimum absolute atomic E-state index is 0.000321. The van der Waals surface area contributed by atoms with Gasteiger partial charge in [0.05, 0.1) is 0 Å². The first-order chi connectivity index (χ1) is 8.88. The molecule has 1 heterocycles. The van der Waals surface area contributed by atoms with Gasteiger partial charge >= 0.3 is 0 Å². The molecule has 0 spiro atoms. The number of halogens is 2. The summed E-state index contributed by atoms with van der Waals surface area (Å²) in [6, 6.07) is 7.97. The summed E-state index contributed by atoms with van der Waals surface area (Å²) >= 11 is 11.7. The molecule has 0 atom stereocenters. The molecule has 0 radical (unpaired) electrons. The lowest BCUT2D eigenvalue weighted by Crippen LogP contribution is -2.14. The third kappa shape index (κ3) is 3.33. The number of hydrogen-bond acceptors (Lipinski definition) is 4. The van der Waals surface area contributed by atoms with Crippen molar-refractivity contribution < 1.29 is 0 Å². The summed E-state index contributed by atoms with van der Waals surface area (Å²) in [6.45, 7) is 6.42. The van der Waals surface area contributed by atoms with Crippen LogP contribution in [0, 0.1) is 0 Å². The predicted octanol–water partition coefficient (Wildman–Crippen LogP) is 4.22. The number of para-hydroxylation sites is 1. The van der Waals surface area contributed by atoms with Crippen LogP contribution in [-0.2, 0) is 5.41 Å². The Bertz CT molecular complexity index is 593. The van der Waals surface area contributed by atoms with Crippen LogP contribution in [0.3, 0.4) is 0 Å². The van der Waals surface area contributed by atoms with Crippen molar-refractivity contribution in [3.05, 3.63) is 40.3 Å². The second-order valence-electron chi connectivity index (χ2n) is 5.14. The summed E-state index contributed by atoms with van der Waals surface area (Å²) in [4.78, 5) is 4.04. The van der Waals surface area contributed by atoms with Crippen LogP contribution >= 0.6 is 23.2 Å². The van der Waals surface area contributed by atoms with Crippen LogP contribution in [0.15, 0.2) is 24.3 Å². The van der Waals surface area contributed by atoms with E-state index in [2.05, 4.69) is 47.3 Å². The lowest BCUT2D eigenvalue weighted by molar-refractivity contribution is 0.592. The van der Waals surface area contributed by atoms with Gasteiger partial charge in [-0.1, -0.05) is 50.6 Å². The van der Waals surface area contributed by atoms with Gasteiger partial charge in [-0.3, -0.25) is 0 Å². The molecular formula is C13H14Cl2N4. The molecule has 0 aliphatic rings. The van der Waals surface area contributed by atoms with E-state index in [0.717, 1.165) is 11.3 Å². The average Bonchev–Trinajstić information content (AvgIpc) is 2.33. The van der Waals surface area contributed by atoms with Gasteiger partial charge in [0.25, 0.3) is 0 Å². The summed E-state index contributed by atoms with van der Waals surface area (Å²) in [5.41, 5.74) is 2.08. The van der Waals surface area contributed by atoms with Gasteiger partial charge in [-0.05, 0) is 28.6 Å². The summed E-state index contributed by atoms with van der Waals surface area (Å²) in [6.07, 6.45) is 0. The number of nitrogens with zero attached hydrogens (tertiary/aromatic N) is 3. The number of hydrogen-bond donors (Lipinski definition) is 1. The Morgan fingerprint density at radius 3 is 2.42 bits per heavy atom. The van der Waals surface area contributed by atoms with E-state index >= 15 is 0 Å². The van der Waals surface area contributed by atoms with Crippen molar-refractivity contribution in [3.63, 3.8) is 0 Å². The molecule has 0 fully saturated rings. The molecule has 19 heavy (non-hydrogen) atoms. The number of nitrogens with one attached hydrogen (secondary N) is 1. The Morgan fingerprint density at radius 2 is 1.74 bits per heavy atom. The fourth-order valence-electron chi connectivity index (χ4n) is 1.75. The van der Waals surface area contributed by atoms with Crippen LogP contribution in [0.2, 0.25) is 10.4 Å². The maximum absolute atomic E-state index is 5.96. The molecule has 4 nitrogen and oxygen atoms in total. The van der Waals surface area contributed by atoms with Gasteiger partial charge in [-0.15, -0.1) is 10.2 Å². The smallest absolute Gasteiger partial charge is 0.245 e. The van der Waals surface area contributed by atoms with Gasteiger partial charge < -0.3 is 5.32 Å². The van der Waals surface area contributed by atoms with E-state index in [0.29, 0.717) is 5.82 Å². The van der Waals surface area contributed by atoms with Gasteiger partial charge in [-0.25, -0.2) is 0 Å². The first-order valence-electron chi connectivity index (χ1n) is 5.80. The summed E-state index contributed by atoms with van der Waals surface area (Å²) in [5, 5.41) is 10.7.